The number of ether oxygens (including phenoxy) is 2. The van der Waals surface area contributed by atoms with Crippen molar-refractivity contribution in [1.29, 1.82) is 0 Å². The second-order valence-electron chi connectivity index (χ2n) is 7.35. The van der Waals surface area contributed by atoms with E-state index in [-0.39, 0.29) is 31.8 Å². The Morgan fingerprint density at radius 1 is 1.12 bits per heavy atom. The molecule has 13 heteroatoms. The highest BCUT2D eigenvalue weighted by molar-refractivity contribution is 5.77. The van der Waals surface area contributed by atoms with Crippen molar-refractivity contribution < 1.29 is 40.6 Å². The Kier molecular flexibility index (Phi) is 7.42. The first-order valence-corrected chi connectivity index (χ1v) is 9.81. The fraction of sp³-hybridized carbons (Fsp3) is 0.450. The van der Waals surface area contributed by atoms with E-state index in [0.717, 1.165) is 12.1 Å². The van der Waals surface area contributed by atoms with Crippen LogP contribution in [-0.2, 0) is 20.4 Å². The first-order chi connectivity index (χ1) is 15.4. The van der Waals surface area contributed by atoms with Gasteiger partial charge in [-0.1, -0.05) is 6.58 Å². The highest BCUT2D eigenvalue weighted by atomic mass is 19.4. The maximum Gasteiger partial charge on any atom is 0.522 e. The molecule has 1 aliphatic rings. The number of alkyl halides is 6. The van der Waals surface area contributed by atoms with Crippen LogP contribution in [0.2, 0.25) is 0 Å². The number of nitrogens with zero attached hydrogens (tertiary/aromatic N) is 3. The molecular formula is C20H20F6N4O3. The predicted molar refractivity (Wildman–Crippen MR) is 103 cm³/mol. The van der Waals surface area contributed by atoms with Gasteiger partial charge in [0.15, 0.2) is 5.82 Å². The summed E-state index contributed by atoms with van der Waals surface area (Å²) < 4.78 is 84.5. The quantitative estimate of drug-likeness (QED) is 0.554. The molecule has 2 aromatic rings. The van der Waals surface area contributed by atoms with Crippen LogP contribution in [0.5, 0.6) is 0 Å². The lowest BCUT2D eigenvalue weighted by molar-refractivity contribution is -0.357. The zero-order valence-electron chi connectivity index (χ0n) is 17.1. The molecule has 3 rings (SSSR count). The van der Waals surface area contributed by atoms with E-state index in [9.17, 15) is 31.1 Å². The number of benzene rings is 1. The number of carbonyl (C=O) groups is 1. The molecule has 1 amide bonds. The van der Waals surface area contributed by atoms with E-state index in [1.807, 2.05) is 0 Å². The van der Waals surface area contributed by atoms with Crippen molar-refractivity contribution in [1.82, 2.24) is 20.1 Å². The average Bonchev–Trinajstić information content (AvgIpc) is 3.18. The van der Waals surface area contributed by atoms with Crippen LogP contribution in [0.4, 0.5) is 26.3 Å². The standard InChI is InChI=1S/C20H20F6N4O3/c1-12(6-7-27-17(31)10-32-15-8-16(9-15)33-20(24,25)26)18-28-11-30(29-18)14-4-2-13(3-5-14)19(21,22)23/h2-5,11,15-16H,1,6-10H2,(H,27,31)/t15-,16+. The van der Waals surface area contributed by atoms with E-state index >= 15 is 0 Å². The van der Waals surface area contributed by atoms with Crippen molar-refractivity contribution in [2.75, 3.05) is 13.2 Å². The van der Waals surface area contributed by atoms with Crippen molar-refractivity contribution in [2.45, 2.75) is 44.0 Å². The van der Waals surface area contributed by atoms with Gasteiger partial charge in [-0.2, -0.15) is 13.2 Å². The second kappa shape index (κ2) is 9.91. The van der Waals surface area contributed by atoms with Crippen LogP contribution in [0.25, 0.3) is 11.3 Å². The summed E-state index contributed by atoms with van der Waals surface area (Å²) in [5.74, 6) is -0.170. The van der Waals surface area contributed by atoms with Gasteiger partial charge in [0, 0.05) is 19.4 Å². The Balaban J connectivity index is 1.37. The maximum atomic E-state index is 12.7. The Morgan fingerprint density at radius 3 is 2.39 bits per heavy atom. The van der Waals surface area contributed by atoms with E-state index in [0.29, 0.717) is 17.7 Å². The number of rotatable bonds is 9. The molecule has 0 spiro atoms. The van der Waals surface area contributed by atoms with Crippen molar-refractivity contribution >= 4 is 11.5 Å². The third kappa shape index (κ3) is 7.29. The molecule has 0 unspecified atom stereocenters. The Morgan fingerprint density at radius 2 is 1.79 bits per heavy atom. The molecular weight excluding hydrogens is 458 g/mol. The SMILES string of the molecule is C=C(CCNC(=O)CO[C@H]1C[C@@H](OC(F)(F)F)C1)c1ncn(-c2ccc(C(F)(F)F)cc2)n1. The van der Waals surface area contributed by atoms with Gasteiger partial charge in [-0.25, -0.2) is 9.67 Å². The minimum atomic E-state index is -4.68. The molecule has 1 fully saturated rings. The van der Waals surface area contributed by atoms with Crippen LogP contribution in [0.3, 0.4) is 0 Å². The fourth-order valence-corrected chi connectivity index (χ4v) is 3.00. The molecule has 1 N–H and O–H groups in total. The molecule has 0 radical (unpaired) electrons. The molecule has 1 saturated carbocycles. The third-order valence-corrected chi connectivity index (χ3v) is 4.82. The topological polar surface area (TPSA) is 78.3 Å². The highest BCUT2D eigenvalue weighted by Crippen LogP contribution is 2.32. The smallest absolute Gasteiger partial charge is 0.368 e. The lowest BCUT2D eigenvalue weighted by atomic mass is 9.92. The molecule has 0 aliphatic heterocycles. The normalized spacial score (nSPS) is 18.6. The van der Waals surface area contributed by atoms with Crippen molar-refractivity contribution in [3.8, 4) is 5.69 Å². The summed E-state index contributed by atoms with van der Waals surface area (Å²) in [4.78, 5) is 15.9. The van der Waals surface area contributed by atoms with Gasteiger partial charge in [0.2, 0.25) is 5.91 Å². The number of nitrogens with one attached hydrogen (secondary N) is 1. The van der Waals surface area contributed by atoms with E-state index in [4.69, 9.17) is 4.74 Å². The molecule has 33 heavy (non-hydrogen) atoms. The van der Waals surface area contributed by atoms with Gasteiger partial charge in [0.25, 0.3) is 0 Å². The molecule has 0 bridgehead atoms. The summed E-state index contributed by atoms with van der Waals surface area (Å²) in [6.07, 6.45) is -8.76. The van der Waals surface area contributed by atoms with Crippen LogP contribution in [0, 0.1) is 0 Å². The fourth-order valence-electron chi connectivity index (χ4n) is 3.00. The van der Waals surface area contributed by atoms with E-state index in [2.05, 4.69) is 26.7 Å². The van der Waals surface area contributed by atoms with Gasteiger partial charge in [0.05, 0.1) is 23.5 Å². The van der Waals surface area contributed by atoms with Gasteiger partial charge in [-0.05, 0) is 36.3 Å². The first-order valence-electron chi connectivity index (χ1n) is 9.81. The zero-order valence-corrected chi connectivity index (χ0v) is 17.1. The van der Waals surface area contributed by atoms with E-state index < -0.39 is 36.2 Å². The van der Waals surface area contributed by atoms with Crippen molar-refractivity contribution in [3.05, 3.63) is 48.6 Å². The molecule has 1 aromatic heterocycles. The molecule has 1 heterocycles. The molecule has 7 nitrogen and oxygen atoms in total. The molecule has 180 valence electrons. The number of hydrogen-bond acceptors (Lipinski definition) is 5. The Bertz CT molecular complexity index is 965. The number of amides is 1. The Hall–Kier alpha value is -2.93. The molecule has 1 aromatic carbocycles. The number of carbonyl (C=O) groups excluding carboxylic acids is 1. The lowest BCUT2D eigenvalue weighted by Gasteiger charge is -2.34. The van der Waals surface area contributed by atoms with Crippen LogP contribution >= 0.6 is 0 Å². The van der Waals surface area contributed by atoms with Gasteiger partial charge in [-0.15, -0.1) is 18.3 Å². The molecule has 1 aliphatic carbocycles. The lowest BCUT2D eigenvalue weighted by Crippen LogP contribution is -2.42. The highest BCUT2D eigenvalue weighted by Gasteiger charge is 2.40. The van der Waals surface area contributed by atoms with Crippen LogP contribution in [-0.4, -0.2) is 52.4 Å². The van der Waals surface area contributed by atoms with Crippen LogP contribution in [0.15, 0.2) is 37.2 Å². The summed E-state index contributed by atoms with van der Waals surface area (Å²) in [5, 5.41) is 6.77. The summed E-state index contributed by atoms with van der Waals surface area (Å²) in [5.41, 5.74) is 0.106. The zero-order chi connectivity index (χ0) is 24.2. The minimum absolute atomic E-state index is 0.0663. The van der Waals surface area contributed by atoms with E-state index in [1.54, 1.807) is 0 Å². The van der Waals surface area contributed by atoms with Crippen LogP contribution < -0.4 is 5.32 Å². The number of aromatic nitrogens is 3. The predicted octanol–water partition coefficient (Wildman–Crippen LogP) is 3.89. The van der Waals surface area contributed by atoms with Crippen LogP contribution in [0.1, 0.15) is 30.7 Å². The summed E-state index contributed by atoms with van der Waals surface area (Å²) in [7, 11) is 0. The van der Waals surface area contributed by atoms with Gasteiger partial charge in [0.1, 0.15) is 12.9 Å². The van der Waals surface area contributed by atoms with Crippen molar-refractivity contribution in [3.63, 3.8) is 0 Å². The minimum Gasteiger partial charge on any atom is -0.368 e. The van der Waals surface area contributed by atoms with Crippen molar-refractivity contribution in [2.24, 2.45) is 0 Å². The maximum absolute atomic E-state index is 12.7. The number of halogens is 6. The second-order valence-corrected chi connectivity index (χ2v) is 7.35. The first kappa shape index (κ1) is 24.7. The summed E-state index contributed by atoms with van der Waals surface area (Å²) in [6, 6.07) is 4.42. The summed E-state index contributed by atoms with van der Waals surface area (Å²) >= 11 is 0. The average molecular weight is 478 g/mol. The van der Waals surface area contributed by atoms with Gasteiger partial charge < -0.3 is 10.1 Å². The largest absolute Gasteiger partial charge is 0.522 e. The molecule has 0 atom stereocenters. The van der Waals surface area contributed by atoms with E-state index in [1.165, 1.54) is 23.1 Å². The Labute approximate surface area is 184 Å². The summed E-state index contributed by atoms with van der Waals surface area (Å²) in [6.45, 7) is 3.73. The van der Waals surface area contributed by atoms with Gasteiger partial charge in [-0.3, -0.25) is 9.53 Å². The third-order valence-electron chi connectivity index (χ3n) is 4.82. The number of hydrogen-bond donors (Lipinski definition) is 1. The van der Waals surface area contributed by atoms with Gasteiger partial charge >= 0.3 is 12.5 Å². The molecule has 0 saturated heterocycles. The monoisotopic (exact) mass is 478 g/mol.